The Morgan fingerprint density at radius 1 is 0.783 bits per heavy atom. The first-order valence-corrected chi connectivity index (χ1v) is 9.62. The lowest BCUT2D eigenvalue weighted by molar-refractivity contribution is 0.0565. The van der Waals surface area contributed by atoms with Gasteiger partial charge in [-0.1, -0.05) is 82.9 Å². The van der Waals surface area contributed by atoms with Gasteiger partial charge in [0.15, 0.2) is 0 Å². The topological polar surface area (TPSA) is 18.5 Å². The number of benzene rings is 1. The van der Waals surface area contributed by atoms with Crippen molar-refractivity contribution in [1.82, 2.24) is 0 Å². The van der Waals surface area contributed by atoms with Gasteiger partial charge in [0.2, 0.25) is 0 Å². The van der Waals surface area contributed by atoms with Crippen molar-refractivity contribution >= 4 is 0 Å². The summed E-state index contributed by atoms with van der Waals surface area (Å²) >= 11 is 0. The Morgan fingerprint density at radius 2 is 1.35 bits per heavy atom. The highest BCUT2D eigenvalue weighted by Crippen LogP contribution is 2.12. The first-order valence-electron chi connectivity index (χ1n) is 9.62. The second-order valence-corrected chi connectivity index (χ2v) is 6.50. The quantitative estimate of drug-likeness (QED) is 0.348. The molecule has 2 heteroatoms. The van der Waals surface area contributed by atoms with Crippen LogP contribution in [0.2, 0.25) is 0 Å². The SMILES string of the molecule is CCCCCCCCCCCCOCC(C)Oc1ccccc1. The average Bonchev–Trinajstić information content (AvgIpc) is 2.57. The zero-order chi connectivity index (χ0) is 16.6. The molecule has 0 aliphatic heterocycles. The van der Waals surface area contributed by atoms with Gasteiger partial charge in [0.1, 0.15) is 11.9 Å². The molecule has 0 radical (unpaired) electrons. The van der Waals surface area contributed by atoms with Crippen LogP contribution in [0.25, 0.3) is 0 Å². The number of para-hydroxylation sites is 1. The van der Waals surface area contributed by atoms with Crippen molar-refractivity contribution in [3.05, 3.63) is 30.3 Å². The second-order valence-electron chi connectivity index (χ2n) is 6.50. The van der Waals surface area contributed by atoms with E-state index in [9.17, 15) is 0 Å². The van der Waals surface area contributed by atoms with E-state index in [2.05, 4.69) is 13.8 Å². The third kappa shape index (κ3) is 12.1. The van der Waals surface area contributed by atoms with Crippen LogP contribution in [-0.4, -0.2) is 19.3 Å². The fourth-order valence-electron chi connectivity index (χ4n) is 2.71. The molecule has 0 heterocycles. The number of hydrogen-bond donors (Lipinski definition) is 0. The lowest BCUT2D eigenvalue weighted by Gasteiger charge is -2.14. The molecule has 1 aromatic rings. The van der Waals surface area contributed by atoms with Gasteiger partial charge in [-0.15, -0.1) is 0 Å². The summed E-state index contributed by atoms with van der Waals surface area (Å²) in [6.45, 7) is 5.87. The van der Waals surface area contributed by atoms with Crippen LogP contribution in [0.1, 0.15) is 78.1 Å². The van der Waals surface area contributed by atoms with Crippen LogP contribution >= 0.6 is 0 Å². The summed E-state index contributed by atoms with van der Waals surface area (Å²) in [5, 5.41) is 0. The van der Waals surface area contributed by atoms with Crippen molar-refractivity contribution in [2.24, 2.45) is 0 Å². The molecular formula is C21H36O2. The summed E-state index contributed by atoms with van der Waals surface area (Å²) < 4.78 is 11.5. The molecule has 23 heavy (non-hydrogen) atoms. The van der Waals surface area contributed by atoms with E-state index < -0.39 is 0 Å². The molecule has 0 aromatic heterocycles. The highest BCUT2D eigenvalue weighted by molar-refractivity contribution is 5.21. The monoisotopic (exact) mass is 320 g/mol. The Hall–Kier alpha value is -1.02. The van der Waals surface area contributed by atoms with Crippen LogP contribution in [0.15, 0.2) is 30.3 Å². The molecule has 132 valence electrons. The van der Waals surface area contributed by atoms with E-state index in [1.54, 1.807) is 0 Å². The number of rotatable bonds is 15. The second kappa shape index (κ2) is 14.6. The maximum atomic E-state index is 5.79. The Labute approximate surface area is 143 Å². The largest absolute Gasteiger partial charge is 0.488 e. The van der Waals surface area contributed by atoms with E-state index >= 15 is 0 Å². The molecule has 0 saturated carbocycles. The van der Waals surface area contributed by atoms with Gasteiger partial charge in [-0.3, -0.25) is 0 Å². The number of ether oxygens (including phenoxy) is 2. The zero-order valence-corrected chi connectivity index (χ0v) is 15.3. The fraction of sp³-hybridized carbons (Fsp3) is 0.714. The van der Waals surface area contributed by atoms with Gasteiger partial charge in [0.05, 0.1) is 6.61 Å². The molecule has 0 fully saturated rings. The maximum absolute atomic E-state index is 5.79. The van der Waals surface area contributed by atoms with Crippen molar-refractivity contribution < 1.29 is 9.47 Å². The van der Waals surface area contributed by atoms with E-state index in [0.717, 1.165) is 12.4 Å². The van der Waals surface area contributed by atoms with Crippen LogP contribution in [0.3, 0.4) is 0 Å². The number of unbranched alkanes of at least 4 members (excludes halogenated alkanes) is 9. The summed E-state index contributed by atoms with van der Waals surface area (Å²) in [7, 11) is 0. The summed E-state index contributed by atoms with van der Waals surface area (Å²) in [5.41, 5.74) is 0. The molecule has 2 nitrogen and oxygen atoms in total. The Kier molecular flexibility index (Phi) is 12.7. The lowest BCUT2D eigenvalue weighted by atomic mass is 10.1. The van der Waals surface area contributed by atoms with Gasteiger partial charge in [0, 0.05) is 6.61 Å². The Bertz CT molecular complexity index is 350. The predicted molar refractivity (Wildman–Crippen MR) is 99.2 cm³/mol. The zero-order valence-electron chi connectivity index (χ0n) is 15.3. The average molecular weight is 321 g/mol. The summed E-state index contributed by atoms with van der Waals surface area (Å²) in [5.74, 6) is 0.919. The van der Waals surface area contributed by atoms with Crippen molar-refractivity contribution in [2.75, 3.05) is 13.2 Å². The fourth-order valence-corrected chi connectivity index (χ4v) is 2.71. The standard InChI is InChI=1S/C21H36O2/c1-3-4-5-6-7-8-9-10-11-15-18-22-19-20(2)23-21-16-13-12-14-17-21/h12-14,16-17,20H,3-11,15,18-19H2,1-2H3. The van der Waals surface area contributed by atoms with Crippen molar-refractivity contribution in [3.8, 4) is 5.75 Å². The van der Waals surface area contributed by atoms with E-state index in [-0.39, 0.29) is 6.10 Å². The number of hydrogen-bond acceptors (Lipinski definition) is 2. The lowest BCUT2D eigenvalue weighted by Crippen LogP contribution is -2.19. The third-order valence-electron chi connectivity index (χ3n) is 4.08. The van der Waals surface area contributed by atoms with Crippen LogP contribution in [0.4, 0.5) is 0 Å². The first-order chi connectivity index (χ1) is 11.3. The minimum atomic E-state index is 0.112. The maximum Gasteiger partial charge on any atom is 0.119 e. The molecule has 0 aliphatic rings. The van der Waals surface area contributed by atoms with Gasteiger partial charge in [-0.05, 0) is 25.5 Å². The van der Waals surface area contributed by atoms with E-state index in [1.807, 2.05) is 30.3 Å². The molecule has 1 unspecified atom stereocenters. The minimum Gasteiger partial charge on any atom is -0.488 e. The molecular weight excluding hydrogens is 284 g/mol. The van der Waals surface area contributed by atoms with Gasteiger partial charge in [0.25, 0.3) is 0 Å². The smallest absolute Gasteiger partial charge is 0.119 e. The third-order valence-corrected chi connectivity index (χ3v) is 4.08. The van der Waals surface area contributed by atoms with Gasteiger partial charge < -0.3 is 9.47 Å². The molecule has 1 atom stereocenters. The molecule has 0 amide bonds. The molecule has 1 rings (SSSR count). The van der Waals surface area contributed by atoms with Gasteiger partial charge >= 0.3 is 0 Å². The summed E-state index contributed by atoms with van der Waals surface area (Å²) in [6.07, 6.45) is 13.8. The predicted octanol–water partition coefficient (Wildman–Crippen LogP) is 6.39. The molecule has 0 aliphatic carbocycles. The van der Waals surface area contributed by atoms with Crippen LogP contribution in [0.5, 0.6) is 5.75 Å². The van der Waals surface area contributed by atoms with Crippen LogP contribution in [0, 0.1) is 0 Å². The molecule has 1 aromatic carbocycles. The summed E-state index contributed by atoms with van der Waals surface area (Å²) in [4.78, 5) is 0. The van der Waals surface area contributed by atoms with Crippen molar-refractivity contribution in [3.63, 3.8) is 0 Å². The van der Waals surface area contributed by atoms with E-state index in [4.69, 9.17) is 9.47 Å². The highest BCUT2D eigenvalue weighted by atomic mass is 16.5. The molecule has 0 N–H and O–H groups in total. The van der Waals surface area contributed by atoms with Crippen LogP contribution in [-0.2, 0) is 4.74 Å². The van der Waals surface area contributed by atoms with Gasteiger partial charge in [-0.2, -0.15) is 0 Å². The summed E-state index contributed by atoms with van der Waals surface area (Å²) in [6, 6.07) is 9.95. The van der Waals surface area contributed by atoms with E-state index in [0.29, 0.717) is 6.61 Å². The van der Waals surface area contributed by atoms with Gasteiger partial charge in [-0.25, -0.2) is 0 Å². The van der Waals surface area contributed by atoms with Crippen molar-refractivity contribution in [2.45, 2.75) is 84.2 Å². The normalized spacial score (nSPS) is 12.3. The molecule has 0 saturated heterocycles. The Balaban J connectivity index is 1.82. The van der Waals surface area contributed by atoms with Crippen molar-refractivity contribution in [1.29, 1.82) is 0 Å². The Morgan fingerprint density at radius 3 is 1.96 bits per heavy atom. The minimum absolute atomic E-state index is 0.112. The first kappa shape index (κ1) is 20.0. The molecule has 0 bridgehead atoms. The van der Waals surface area contributed by atoms with Crippen LogP contribution < -0.4 is 4.74 Å². The molecule has 0 spiro atoms. The highest BCUT2D eigenvalue weighted by Gasteiger charge is 2.03. The van der Waals surface area contributed by atoms with E-state index in [1.165, 1.54) is 64.2 Å².